The lowest BCUT2D eigenvalue weighted by atomic mass is 10.2. The van der Waals surface area contributed by atoms with E-state index in [-0.39, 0.29) is 17.3 Å². The number of aryl methyl sites for hydroxylation is 1. The van der Waals surface area contributed by atoms with Gasteiger partial charge in [-0.15, -0.1) is 0 Å². The van der Waals surface area contributed by atoms with Crippen LogP contribution in [0, 0.1) is 6.92 Å². The van der Waals surface area contributed by atoms with Gasteiger partial charge in [-0.3, -0.25) is 4.79 Å². The van der Waals surface area contributed by atoms with E-state index in [9.17, 15) is 13.2 Å². The molecule has 0 spiro atoms. The van der Waals surface area contributed by atoms with Crippen LogP contribution in [0.1, 0.15) is 18.9 Å². The van der Waals surface area contributed by atoms with Crippen LogP contribution in [0.15, 0.2) is 53.4 Å². The molecule has 2 aromatic rings. The number of hydrogen-bond donors (Lipinski definition) is 2. The SMILES string of the molecule is CC(=O)Nc1cccc(OCCCNS(=O)(=O)c2ccc(C)cc2)c1. The van der Waals surface area contributed by atoms with E-state index in [4.69, 9.17) is 4.74 Å². The van der Waals surface area contributed by atoms with Crippen LogP contribution in [-0.2, 0) is 14.8 Å². The predicted molar refractivity (Wildman–Crippen MR) is 97.2 cm³/mol. The van der Waals surface area contributed by atoms with Gasteiger partial charge in [0.05, 0.1) is 11.5 Å². The van der Waals surface area contributed by atoms with E-state index in [1.807, 2.05) is 6.92 Å². The van der Waals surface area contributed by atoms with Gasteiger partial charge in [0.2, 0.25) is 15.9 Å². The molecule has 7 heteroatoms. The maximum absolute atomic E-state index is 12.1. The molecule has 0 atom stereocenters. The predicted octanol–water partition coefficient (Wildman–Crippen LogP) is 2.70. The van der Waals surface area contributed by atoms with Gasteiger partial charge in [-0.05, 0) is 37.6 Å². The first kappa shape index (κ1) is 19.0. The molecular weight excluding hydrogens is 340 g/mol. The molecule has 6 nitrogen and oxygen atoms in total. The van der Waals surface area contributed by atoms with E-state index in [1.165, 1.54) is 6.92 Å². The third-order valence-corrected chi connectivity index (χ3v) is 4.84. The van der Waals surface area contributed by atoms with Crippen LogP contribution in [0.3, 0.4) is 0 Å². The summed E-state index contributed by atoms with van der Waals surface area (Å²) in [7, 11) is -3.50. The van der Waals surface area contributed by atoms with Crippen molar-refractivity contribution in [2.24, 2.45) is 0 Å². The molecule has 0 aliphatic rings. The summed E-state index contributed by atoms with van der Waals surface area (Å²) >= 11 is 0. The fraction of sp³-hybridized carbons (Fsp3) is 0.278. The average molecular weight is 362 g/mol. The lowest BCUT2D eigenvalue weighted by Gasteiger charge is -2.09. The molecule has 0 bridgehead atoms. The number of anilines is 1. The Labute approximate surface area is 148 Å². The summed E-state index contributed by atoms with van der Waals surface area (Å²) in [6.45, 7) is 3.98. The third-order valence-electron chi connectivity index (χ3n) is 3.37. The number of hydrogen-bond acceptors (Lipinski definition) is 4. The van der Waals surface area contributed by atoms with Gasteiger partial charge < -0.3 is 10.1 Å². The van der Waals surface area contributed by atoms with Crippen molar-refractivity contribution in [2.45, 2.75) is 25.2 Å². The van der Waals surface area contributed by atoms with Gasteiger partial charge in [0, 0.05) is 25.2 Å². The minimum atomic E-state index is -3.50. The van der Waals surface area contributed by atoms with Crippen LogP contribution in [0.4, 0.5) is 5.69 Å². The Balaban J connectivity index is 1.78. The molecule has 0 saturated heterocycles. The number of ether oxygens (including phenoxy) is 1. The van der Waals surface area contributed by atoms with E-state index in [0.29, 0.717) is 24.5 Å². The Morgan fingerprint density at radius 1 is 1.12 bits per heavy atom. The van der Waals surface area contributed by atoms with Crippen molar-refractivity contribution in [3.8, 4) is 5.75 Å². The van der Waals surface area contributed by atoms with Crippen LogP contribution in [0.2, 0.25) is 0 Å². The molecule has 0 heterocycles. The summed E-state index contributed by atoms with van der Waals surface area (Å²) < 4.78 is 32.4. The van der Waals surface area contributed by atoms with Crippen LogP contribution >= 0.6 is 0 Å². The number of sulfonamides is 1. The van der Waals surface area contributed by atoms with Crippen LogP contribution in [0.25, 0.3) is 0 Å². The van der Waals surface area contributed by atoms with Crippen molar-refractivity contribution in [3.63, 3.8) is 0 Å². The molecule has 0 unspecified atom stereocenters. The second-order valence-corrected chi connectivity index (χ2v) is 7.39. The van der Waals surface area contributed by atoms with Crippen LogP contribution in [-0.4, -0.2) is 27.5 Å². The van der Waals surface area contributed by atoms with E-state index in [0.717, 1.165) is 5.56 Å². The molecule has 134 valence electrons. The highest BCUT2D eigenvalue weighted by Crippen LogP contribution is 2.17. The second-order valence-electron chi connectivity index (χ2n) is 5.62. The Kier molecular flexibility index (Phi) is 6.55. The highest BCUT2D eigenvalue weighted by Gasteiger charge is 2.12. The number of carbonyl (C=O) groups is 1. The lowest BCUT2D eigenvalue weighted by Crippen LogP contribution is -2.25. The van der Waals surface area contributed by atoms with E-state index in [1.54, 1.807) is 48.5 Å². The highest BCUT2D eigenvalue weighted by atomic mass is 32.2. The molecule has 1 amide bonds. The van der Waals surface area contributed by atoms with Gasteiger partial charge in [0.25, 0.3) is 0 Å². The summed E-state index contributed by atoms with van der Waals surface area (Å²) in [5, 5.41) is 2.68. The normalized spacial score (nSPS) is 11.1. The number of benzene rings is 2. The zero-order valence-electron chi connectivity index (χ0n) is 14.3. The monoisotopic (exact) mass is 362 g/mol. The largest absolute Gasteiger partial charge is 0.493 e. The summed E-state index contributed by atoms with van der Waals surface area (Å²) in [5.41, 5.74) is 1.67. The lowest BCUT2D eigenvalue weighted by molar-refractivity contribution is -0.114. The van der Waals surface area contributed by atoms with Gasteiger partial charge in [0.1, 0.15) is 5.75 Å². The summed E-state index contributed by atoms with van der Waals surface area (Å²) in [6, 6.07) is 13.7. The average Bonchev–Trinajstić information content (AvgIpc) is 2.54. The first-order chi connectivity index (χ1) is 11.9. The zero-order chi connectivity index (χ0) is 18.3. The number of rotatable bonds is 8. The highest BCUT2D eigenvalue weighted by molar-refractivity contribution is 7.89. The van der Waals surface area contributed by atoms with Crippen molar-refractivity contribution < 1.29 is 17.9 Å². The Bertz CT molecular complexity index is 817. The number of amides is 1. The topological polar surface area (TPSA) is 84.5 Å². The quantitative estimate of drug-likeness (QED) is 0.707. The summed E-state index contributed by atoms with van der Waals surface area (Å²) in [4.78, 5) is 11.3. The molecule has 0 aliphatic heterocycles. The maximum Gasteiger partial charge on any atom is 0.240 e. The van der Waals surface area contributed by atoms with Gasteiger partial charge in [-0.2, -0.15) is 0 Å². The smallest absolute Gasteiger partial charge is 0.240 e. The van der Waals surface area contributed by atoms with Gasteiger partial charge in [-0.1, -0.05) is 23.8 Å². The van der Waals surface area contributed by atoms with E-state index in [2.05, 4.69) is 10.0 Å². The molecule has 0 aromatic heterocycles. The summed E-state index contributed by atoms with van der Waals surface area (Å²) in [6.07, 6.45) is 0.523. The first-order valence-corrected chi connectivity index (χ1v) is 9.42. The number of carbonyl (C=O) groups excluding carboxylic acids is 1. The first-order valence-electron chi connectivity index (χ1n) is 7.93. The Morgan fingerprint density at radius 2 is 1.84 bits per heavy atom. The van der Waals surface area contributed by atoms with Crippen LogP contribution < -0.4 is 14.8 Å². The van der Waals surface area contributed by atoms with Crippen LogP contribution in [0.5, 0.6) is 5.75 Å². The zero-order valence-corrected chi connectivity index (χ0v) is 15.1. The number of nitrogens with one attached hydrogen (secondary N) is 2. The molecule has 0 aliphatic carbocycles. The van der Waals surface area contributed by atoms with E-state index >= 15 is 0 Å². The standard InChI is InChI=1S/C18H22N2O4S/c1-14-7-9-18(10-8-14)25(22,23)19-11-4-12-24-17-6-3-5-16(13-17)20-15(2)21/h3,5-10,13,19H,4,11-12H2,1-2H3,(H,20,21). The summed E-state index contributed by atoms with van der Waals surface area (Å²) in [5.74, 6) is 0.468. The molecule has 2 aromatic carbocycles. The third kappa shape index (κ3) is 6.21. The second kappa shape index (κ2) is 8.64. The fourth-order valence-corrected chi connectivity index (χ4v) is 3.21. The van der Waals surface area contributed by atoms with Crippen molar-refractivity contribution in [2.75, 3.05) is 18.5 Å². The van der Waals surface area contributed by atoms with Gasteiger partial charge in [0.15, 0.2) is 0 Å². The van der Waals surface area contributed by atoms with Gasteiger partial charge >= 0.3 is 0 Å². The molecule has 0 radical (unpaired) electrons. The Morgan fingerprint density at radius 3 is 2.52 bits per heavy atom. The van der Waals surface area contributed by atoms with Crippen molar-refractivity contribution >= 4 is 21.6 Å². The molecule has 25 heavy (non-hydrogen) atoms. The van der Waals surface area contributed by atoms with E-state index < -0.39 is 10.0 Å². The van der Waals surface area contributed by atoms with Crippen molar-refractivity contribution in [1.82, 2.24) is 4.72 Å². The molecule has 2 N–H and O–H groups in total. The molecule has 0 saturated carbocycles. The van der Waals surface area contributed by atoms with Crippen molar-refractivity contribution in [3.05, 3.63) is 54.1 Å². The maximum atomic E-state index is 12.1. The van der Waals surface area contributed by atoms with Gasteiger partial charge in [-0.25, -0.2) is 13.1 Å². The minimum absolute atomic E-state index is 0.150. The molecule has 0 fully saturated rings. The van der Waals surface area contributed by atoms with Crippen molar-refractivity contribution in [1.29, 1.82) is 0 Å². The molecule has 2 rings (SSSR count). The Hall–Kier alpha value is -2.38. The minimum Gasteiger partial charge on any atom is -0.493 e. The molecular formula is C18H22N2O4S. The fourth-order valence-electron chi connectivity index (χ4n) is 2.14.